The molecule has 10 nitrogen and oxygen atoms in total. The molecule has 0 radical (unpaired) electrons. The van der Waals surface area contributed by atoms with Crippen molar-refractivity contribution in [2.75, 3.05) is 18.6 Å². The van der Waals surface area contributed by atoms with Crippen molar-refractivity contribution < 1.29 is 41.1 Å². The molecule has 6 rings (SSSR count). The second-order valence-electron chi connectivity index (χ2n) is 9.77. The van der Waals surface area contributed by atoms with E-state index in [1.165, 1.54) is 12.1 Å². The number of benzene rings is 3. The fraction of sp³-hybridized carbons (Fsp3) is 0.214. The van der Waals surface area contributed by atoms with Crippen LogP contribution in [0.1, 0.15) is 23.6 Å². The predicted octanol–water partition coefficient (Wildman–Crippen LogP) is 4.06. The number of rotatable bonds is 6. The van der Waals surface area contributed by atoms with Crippen molar-refractivity contribution in [2.24, 2.45) is 15.4 Å². The van der Waals surface area contributed by atoms with Gasteiger partial charge in [-0.1, -0.05) is 47.7 Å². The van der Waals surface area contributed by atoms with Gasteiger partial charge in [0.2, 0.25) is 5.82 Å². The SMILES string of the molecule is COc1ccc([C@@H]2CC(c3ccccc3)=NN2C(=O)CN2N=N[C@@H]3C(=O)N(c4c(F)c(F)c(F)c(F)c4F)C(=O)[C@@H]32)cc1. The molecule has 0 saturated carbocycles. The number of hydrazone groups is 1. The van der Waals surface area contributed by atoms with E-state index in [1.54, 1.807) is 24.3 Å². The van der Waals surface area contributed by atoms with Crippen LogP contribution < -0.4 is 9.64 Å². The van der Waals surface area contributed by atoms with Crippen LogP contribution in [0.25, 0.3) is 0 Å². The molecular weight excluding hydrogens is 579 g/mol. The molecule has 3 aromatic rings. The predicted molar refractivity (Wildman–Crippen MR) is 138 cm³/mol. The summed E-state index contributed by atoms with van der Waals surface area (Å²) < 4.78 is 75.5. The van der Waals surface area contributed by atoms with Crippen molar-refractivity contribution in [3.05, 3.63) is 94.8 Å². The third-order valence-electron chi connectivity index (χ3n) is 7.34. The molecule has 1 saturated heterocycles. The molecule has 1 fully saturated rings. The van der Waals surface area contributed by atoms with Gasteiger partial charge in [-0.25, -0.2) is 31.9 Å². The summed E-state index contributed by atoms with van der Waals surface area (Å²) in [4.78, 5) is 39.6. The van der Waals surface area contributed by atoms with Crippen LogP contribution in [-0.2, 0) is 14.4 Å². The molecule has 0 N–H and O–H groups in total. The minimum atomic E-state index is -2.45. The normalized spacial score (nSPS) is 21.1. The highest BCUT2D eigenvalue weighted by molar-refractivity contribution is 6.25. The molecule has 43 heavy (non-hydrogen) atoms. The number of halogens is 5. The minimum Gasteiger partial charge on any atom is -0.497 e. The Morgan fingerprint density at radius 2 is 1.51 bits per heavy atom. The van der Waals surface area contributed by atoms with Gasteiger partial charge >= 0.3 is 0 Å². The lowest BCUT2D eigenvalue weighted by molar-refractivity contribution is -0.135. The highest BCUT2D eigenvalue weighted by Crippen LogP contribution is 2.38. The Labute approximate surface area is 239 Å². The Morgan fingerprint density at radius 1 is 0.884 bits per heavy atom. The highest BCUT2D eigenvalue weighted by Gasteiger charge is 2.57. The van der Waals surface area contributed by atoms with Crippen molar-refractivity contribution in [1.82, 2.24) is 10.0 Å². The molecule has 0 bridgehead atoms. The summed E-state index contributed by atoms with van der Waals surface area (Å²) in [6.07, 6.45) is 0.334. The largest absolute Gasteiger partial charge is 0.497 e. The van der Waals surface area contributed by atoms with Crippen LogP contribution in [0.4, 0.5) is 27.6 Å². The minimum absolute atomic E-state index is 0.150. The first-order valence-corrected chi connectivity index (χ1v) is 12.8. The zero-order valence-electron chi connectivity index (χ0n) is 22.0. The van der Waals surface area contributed by atoms with Gasteiger partial charge in [-0.3, -0.25) is 19.4 Å². The van der Waals surface area contributed by atoms with E-state index in [0.717, 1.165) is 16.1 Å². The van der Waals surface area contributed by atoms with E-state index in [-0.39, 0.29) is 4.90 Å². The van der Waals surface area contributed by atoms with E-state index in [1.807, 2.05) is 30.3 Å². The van der Waals surface area contributed by atoms with Crippen molar-refractivity contribution in [1.29, 1.82) is 0 Å². The summed E-state index contributed by atoms with van der Waals surface area (Å²) in [6, 6.07) is 12.2. The first-order chi connectivity index (χ1) is 20.6. The number of anilines is 1. The number of carbonyl (C=O) groups is 3. The maximum atomic E-state index is 14.5. The molecule has 0 unspecified atom stereocenters. The van der Waals surface area contributed by atoms with E-state index >= 15 is 0 Å². The van der Waals surface area contributed by atoms with Crippen molar-refractivity contribution in [2.45, 2.75) is 24.5 Å². The van der Waals surface area contributed by atoms with Crippen LogP contribution in [0.5, 0.6) is 5.75 Å². The van der Waals surface area contributed by atoms with Crippen LogP contribution >= 0.6 is 0 Å². The van der Waals surface area contributed by atoms with Crippen LogP contribution in [0, 0.1) is 29.1 Å². The number of carbonyl (C=O) groups excluding carboxylic acids is 3. The number of ether oxygens (including phenoxy) is 1. The summed E-state index contributed by atoms with van der Waals surface area (Å²) in [5, 5.41) is 14.0. The van der Waals surface area contributed by atoms with Gasteiger partial charge in [0, 0.05) is 6.42 Å². The van der Waals surface area contributed by atoms with Crippen LogP contribution in [0.2, 0.25) is 0 Å². The van der Waals surface area contributed by atoms with Gasteiger partial charge in [0.05, 0.1) is 18.9 Å². The van der Waals surface area contributed by atoms with Gasteiger partial charge in [0.15, 0.2) is 35.4 Å². The average Bonchev–Trinajstić information content (AvgIpc) is 3.72. The van der Waals surface area contributed by atoms with Gasteiger partial charge in [-0.15, -0.1) is 0 Å². The molecule has 3 aliphatic rings. The van der Waals surface area contributed by atoms with Gasteiger partial charge < -0.3 is 4.74 Å². The second kappa shape index (κ2) is 10.6. The molecule has 3 amide bonds. The van der Waals surface area contributed by atoms with Crippen LogP contribution in [0.3, 0.4) is 0 Å². The first kappa shape index (κ1) is 27.9. The molecule has 220 valence electrons. The van der Waals surface area contributed by atoms with Gasteiger partial charge in [-0.2, -0.15) is 10.2 Å². The van der Waals surface area contributed by atoms with Crippen molar-refractivity contribution in [3.63, 3.8) is 0 Å². The standard InChI is InChI=1S/C28H19F5N6O4/c1-43-15-9-7-14(8-10-15)17-11-16(13-5-3-2-4-6-13)35-39(17)18(40)12-37-26-24(34-36-37)27(41)38(28(26)42)25-22(32)20(30)19(29)21(31)23(25)33/h2-10,17,24,26H,11-12H2,1H3/t17-,24-,26+/m0/s1. The van der Waals surface area contributed by atoms with Crippen LogP contribution in [0.15, 0.2) is 70.0 Å². The number of fused-ring (bicyclic) bond motifs is 1. The number of methoxy groups -OCH3 is 1. The lowest BCUT2D eigenvalue weighted by Gasteiger charge is -2.25. The zero-order chi connectivity index (χ0) is 30.6. The average molecular weight is 598 g/mol. The van der Waals surface area contributed by atoms with E-state index in [4.69, 9.17) is 4.74 Å². The Kier molecular flexibility index (Phi) is 6.86. The van der Waals surface area contributed by atoms with Crippen LogP contribution in [-0.4, -0.2) is 59.2 Å². The monoisotopic (exact) mass is 598 g/mol. The fourth-order valence-electron chi connectivity index (χ4n) is 5.21. The molecule has 3 aliphatic heterocycles. The smallest absolute Gasteiger partial charge is 0.264 e. The summed E-state index contributed by atoms with van der Waals surface area (Å²) in [5.41, 5.74) is 0.361. The molecule has 0 spiro atoms. The Hall–Kier alpha value is -5.21. The lowest BCUT2D eigenvalue weighted by Crippen LogP contribution is -2.45. The second-order valence-corrected chi connectivity index (χ2v) is 9.77. The van der Waals surface area contributed by atoms with E-state index in [0.29, 0.717) is 17.9 Å². The van der Waals surface area contributed by atoms with E-state index in [2.05, 4.69) is 15.4 Å². The Balaban J connectivity index is 1.29. The van der Waals surface area contributed by atoms with Crippen molar-refractivity contribution >= 4 is 29.1 Å². The third kappa shape index (κ3) is 4.47. The van der Waals surface area contributed by atoms with E-state index < -0.39 is 77.2 Å². The fourth-order valence-corrected chi connectivity index (χ4v) is 5.21. The summed E-state index contributed by atoms with van der Waals surface area (Å²) in [6.45, 7) is -0.646. The Morgan fingerprint density at radius 3 is 2.14 bits per heavy atom. The molecule has 0 aliphatic carbocycles. The summed E-state index contributed by atoms with van der Waals surface area (Å²) in [7, 11) is 1.51. The third-order valence-corrected chi connectivity index (χ3v) is 7.34. The number of imide groups is 1. The molecule has 15 heteroatoms. The topological polar surface area (TPSA) is 107 Å². The molecule has 0 aromatic heterocycles. The van der Waals surface area contributed by atoms with E-state index in [9.17, 15) is 36.3 Å². The molecule has 3 atom stereocenters. The maximum absolute atomic E-state index is 14.5. The molecular formula is C28H19F5N6O4. The van der Waals surface area contributed by atoms with Crippen molar-refractivity contribution in [3.8, 4) is 5.75 Å². The maximum Gasteiger partial charge on any atom is 0.264 e. The Bertz CT molecular complexity index is 1690. The van der Waals surface area contributed by atoms with Gasteiger partial charge in [0.25, 0.3) is 17.7 Å². The highest BCUT2D eigenvalue weighted by atomic mass is 19.2. The number of hydrogen-bond acceptors (Lipinski definition) is 8. The first-order valence-electron chi connectivity index (χ1n) is 12.8. The quantitative estimate of drug-likeness (QED) is 0.184. The summed E-state index contributed by atoms with van der Waals surface area (Å²) >= 11 is 0. The molecule has 3 heterocycles. The van der Waals surface area contributed by atoms with Gasteiger partial charge in [-0.05, 0) is 23.3 Å². The lowest BCUT2D eigenvalue weighted by atomic mass is 9.98. The summed E-state index contributed by atoms with van der Waals surface area (Å²) in [5.74, 6) is -14.6. The number of hydrogen-bond donors (Lipinski definition) is 0. The molecule has 3 aromatic carbocycles. The number of nitrogens with zero attached hydrogens (tertiary/aromatic N) is 6. The zero-order valence-corrected chi connectivity index (χ0v) is 22.0. The number of amides is 3. The van der Waals surface area contributed by atoms with Gasteiger partial charge in [0.1, 0.15) is 18.0 Å².